The van der Waals surface area contributed by atoms with Gasteiger partial charge in [-0.3, -0.25) is 4.98 Å². The maximum atomic E-state index is 5.88. The minimum Gasteiger partial charge on any atom is -0.442 e. The quantitative estimate of drug-likeness (QED) is 0.761. The van der Waals surface area contributed by atoms with E-state index >= 15 is 0 Å². The molecule has 90 valence electrons. The third-order valence-electron chi connectivity index (χ3n) is 3.13. The van der Waals surface area contributed by atoms with Crippen LogP contribution in [-0.2, 0) is 4.74 Å². The van der Waals surface area contributed by atoms with Gasteiger partial charge in [0, 0.05) is 18.1 Å². The first-order valence-electron chi connectivity index (χ1n) is 5.87. The van der Waals surface area contributed by atoms with Crippen LogP contribution < -0.4 is 10.1 Å². The van der Waals surface area contributed by atoms with Crippen molar-refractivity contribution in [2.24, 2.45) is 4.99 Å². The second kappa shape index (κ2) is 3.51. The first-order chi connectivity index (χ1) is 8.86. The Morgan fingerprint density at radius 2 is 2.28 bits per heavy atom. The van der Waals surface area contributed by atoms with Gasteiger partial charge in [-0.15, -0.1) is 0 Å². The Hall–Kier alpha value is -1.98. The fourth-order valence-corrected chi connectivity index (χ4v) is 2.30. The monoisotopic (exact) mass is 241 g/mol. The number of aromatic nitrogens is 1. The number of nitrogens with one attached hydrogen (secondary N) is 1. The Labute approximate surface area is 103 Å². The molecule has 5 nitrogen and oxygen atoms in total. The normalized spacial score (nSPS) is 25.3. The summed E-state index contributed by atoms with van der Waals surface area (Å²) in [5.41, 5.74) is 1.72. The van der Waals surface area contributed by atoms with Crippen LogP contribution in [0.4, 0.5) is 5.69 Å². The molecule has 1 saturated heterocycles. The molecule has 0 amide bonds. The van der Waals surface area contributed by atoms with Gasteiger partial charge in [-0.2, -0.15) is 0 Å². The second-order valence-corrected chi connectivity index (χ2v) is 4.29. The first kappa shape index (κ1) is 9.99. The lowest BCUT2D eigenvalue weighted by Gasteiger charge is -2.29. The highest BCUT2D eigenvalue weighted by atomic mass is 16.7. The van der Waals surface area contributed by atoms with E-state index in [2.05, 4.69) is 15.3 Å². The zero-order chi connectivity index (χ0) is 12.0. The molecule has 2 aliphatic rings. The third kappa shape index (κ3) is 1.35. The molecular formula is C13H11N3O2. The lowest BCUT2D eigenvalue weighted by molar-refractivity contribution is -0.103. The van der Waals surface area contributed by atoms with Gasteiger partial charge in [-0.05, 0) is 24.3 Å². The molecule has 3 heterocycles. The molecule has 0 saturated carbocycles. The summed E-state index contributed by atoms with van der Waals surface area (Å²) >= 11 is 0. The van der Waals surface area contributed by atoms with Crippen molar-refractivity contribution in [3.63, 3.8) is 0 Å². The largest absolute Gasteiger partial charge is 0.442 e. The van der Waals surface area contributed by atoms with Crippen LogP contribution in [-0.4, -0.2) is 30.3 Å². The summed E-state index contributed by atoms with van der Waals surface area (Å²) in [6, 6.07) is 7.69. The maximum Gasteiger partial charge on any atom is 0.309 e. The molecule has 0 radical (unpaired) electrons. The van der Waals surface area contributed by atoms with E-state index in [1.165, 1.54) is 0 Å². The molecule has 1 N–H and O–H groups in total. The Balaban J connectivity index is 1.89. The predicted molar refractivity (Wildman–Crippen MR) is 67.2 cm³/mol. The molecule has 1 atom stereocenters. The van der Waals surface area contributed by atoms with E-state index < -0.39 is 5.91 Å². The van der Waals surface area contributed by atoms with Crippen molar-refractivity contribution in [3.8, 4) is 5.75 Å². The van der Waals surface area contributed by atoms with Crippen LogP contribution in [0.25, 0.3) is 10.9 Å². The van der Waals surface area contributed by atoms with Crippen LogP contribution in [0.1, 0.15) is 0 Å². The average Bonchev–Trinajstić information content (AvgIpc) is 2.86. The van der Waals surface area contributed by atoms with Crippen LogP contribution in [0, 0.1) is 0 Å². The lowest BCUT2D eigenvalue weighted by atomic mass is 10.1. The van der Waals surface area contributed by atoms with Crippen molar-refractivity contribution >= 4 is 22.8 Å². The van der Waals surface area contributed by atoms with Gasteiger partial charge in [-0.25, -0.2) is 10.3 Å². The number of nitrogens with zero attached hydrogens (tertiary/aromatic N) is 2. The van der Waals surface area contributed by atoms with Crippen molar-refractivity contribution in [3.05, 3.63) is 30.5 Å². The molecule has 1 fully saturated rings. The van der Waals surface area contributed by atoms with E-state index in [1.807, 2.05) is 24.3 Å². The molecule has 5 heteroatoms. The minimum absolute atomic E-state index is 0.622. The molecule has 2 aliphatic heterocycles. The molecule has 0 aliphatic carbocycles. The predicted octanol–water partition coefficient (Wildman–Crippen LogP) is 1.60. The summed E-state index contributed by atoms with van der Waals surface area (Å²) in [5, 5.41) is 4.14. The number of benzene rings is 1. The number of aliphatic imine (C=N–C) groups is 1. The fraction of sp³-hybridized carbons (Fsp3) is 0.231. The standard InChI is InChI=1S/C13H11N3O2/c1-2-9-10(14-5-1)3-4-11-12(9)15-8-13(18-11)16-6-7-17-13/h1-5,8,16H,6-7H2. The summed E-state index contributed by atoms with van der Waals surface area (Å²) in [7, 11) is 0. The number of pyridine rings is 1. The second-order valence-electron chi connectivity index (χ2n) is 4.29. The zero-order valence-electron chi connectivity index (χ0n) is 9.59. The van der Waals surface area contributed by atoms with E-state index in [0.29, 0.717) is 12.4 Å². The van der Waals surface area contributed by atoms with Gasteiger partial charge >= 0.3 is 5.91 Å². The van der Waals surface area contributed by atoms with Crippen LogP contribution in [0.5, 0.6) is 5.75 Å². The SMILES string of the molecule is C1=Nc2c(ccc3ncccc23)OC12NCCO2. The van der Waals surface area contributed by atoms with Gasteiger partial charge in [0.2, 0.25) is 0 Å². The van der Waals surface area contributed by atoms with Gasteiger partial charge in [-0.1, -0.05) is 0 Å². The van der Waals surface area contributed by atoms with Gasteiger partial charge < -0.3 is 9.47 Å². The molecule has 18 heavy (non-hydrogen) atoms. The van der Waals surface area contributed by atoms with Gasteiger partial charge in [0.25, 0.3) is 0 Å². The highest BCUT2D eigenvalue weighted by Crippen LogP contribution is 2.39. The topological polar surface area (TPSA) is 55.7 Å². The van der Waals surface area contributed by atoms with Gasteiger partial charge in [0.15, 0.2) is 5.75 Å². The summed E-state index contributed by atoms with van der Waals surface area (Å²) in [6.45, 7) is 1.38. The lowest BCUT2D eigenvalue weighted by Crippen LogP contribution is -2.49. The molecule has 1 aromatic heterocycles. The van der Waals surface area contributed by atoms with Crippen molar-refractivity contribution < 1.29 is 9.47 Å². The van der Waals surface area contributed by atoms with Crippen LogP contribution >= 0.6 is 0 Å². The van der Waals surface area contributed by atoms with E-state index in [0.717, 1.165) is 23.1 Å². The Morgan fingerprint density at radius 3 is 3.17 bits per heavy atom. The van der Waals surface area contributed by atoms with Crippen molar-refractivity contribution in [2.75, 3.05) is 13.2 Å². The molecule has 1 spiro atoms. The number of ether oxygens (including phenoxy) is 2. The minimum atomic E-state index is -0.886. The smallest absolute Gasteiger partial charge is 0.309 e. The van der Waals surface area contributed by atoms with Crippen molar-refractivity contribution in [1.29, 1.82) is 0 Å². The number of hydrogen-bond acceptors (Lipinski definition) is 5. The van der Waals surface area contributed by atoms with Crippen molar-refractivity contribution in [2.45, 2.75) is 5.91 Å². The highest BCUT2D eigenvalue weighted by molar-refractivity contribution is 5.96. The molecule has 4 rings (SSSR count). The summed E-state index contributed by atoms with van der Waals surface area (Å²) in [5.74, 6) is -0.171. The molecular weight excluding hydrogens is 230 g/mol. The van der Waals surface area contributed by atoms with E-state index in [-0.39, 0.29) is 0 Å². The van der Waals surface area contributed by atoms with Crippen LogP contribution in [0.3, 0.4) is 0 Å². The Kier molecular flexibility index (Phi) is 1.95. The Bertz CT molecular complexity index is 648. The van der Waals surface area contributed by atoms with E-state index in [4.69, 9.17) is 9.47 Å². The molecule has 1 unspecified atom stereocenters. The van der Waals surface area contributed by atoms with Gasteiger partial charge in [0.1, 0.15) is 5.69 Å². The number of hydrogen-bond donors (Lipinski definition) is 1. The summed E-state index contributed by atoms with van der Waals surface area (Å²) in [6.07, 6.45) is 3.44. The van der Waals surface area contributed by atoms with Gasteiger partial charge in [0.05, 0.1) is 18.3 Å². The maximum absolute atomic E-state index is 5.88. The van der Waals surface area contributed by atoms with E-state index in [1.54, 1.807) is 12.4 Å². The van der Waals surface area contributed by atoms with Crippen LogP contribution in [0.15, 0.2) is 35.5 Å². The van der Waals surface area contributed by atoms with Crippen LogP contribution in [0.2, 0.25) is 0 Å². The first-order valence-corrected chi connectivity index (χ1v) is 5.87. The number of fused-ring (bicyclic) bond motifs is 3. The van der Waals surface area contributed by atoms with Crippen molar-refractivity contribution in [1.82, 2.24) is 10.3 Å². The third-order valence-corrected chi connectivity index (χ3v) is 3.13. The fourth-order valence-electron chi connectivity index (χ4n) is 2.30. The molecule has 2 aromatic rings. The summed E-state index contributed by atoms with van der Waals surface area (Å²) in [4.78, 5) is 8.78. The summed E-state index contributed by atoms with van der Waals surface area (Å²) < 4.78 is 11.4. The molecule has 0 bridgehead atoms. The number of rotatable bonds is 0. The highest BCUT2D eigenvalue weighted by Gasteiger charge is 2.38. The Morgan fingerprint density at radius 1 is 1.28 bits per heavy atom. The van der Waals surface area contributed by atoms with E-state index in [9.17, 15) is 0 Å². The average molecular weight is 241 g/mol. The zero-order valence-corrected chi connectivity index (χ0v) is 9.59. The molecule has 1 aromatic carbocycles.